The summed E-state index contributed by atoms with van der Waals surface area (Å²) >= 11 is 0. The molecular formula is C16H14N2O. The van der Waals surface area contributed by atoms with Gasteiger partial charge in [0, 0.05) is 0 Å². The fourth-order valence-corrected chi connectivity index (χ4v) is 1.82. The van der Waals surface area contributed by atoms with Crippen molar-refractivity contribution in [1.82, 2.24) is 9.78 Å². The van der Waals surface area contributed by atoms with Crippen LogP contribution in [0.3, 0.4) is 0 Å². The molecule has 0 bridgehead atoms. The lowest BCUT2D eigenvalue weighted by molar-refractivity contribution is 0.482. The first-order valence-corrected chi connectivity index (χ1v) is 6.16. The highest BCUT2D eigenvalue weighted by molar-refractivity contribution is 5.34. The molecule has 0 fully saturated rings. The second-order valence-corrected chi connectivity index (χ2v) is 4.37. The van der Waals surface area contributed by atoms with Crippen molar-refractivity contribution in [2.75, 3.05) is 0 Å². The van der Waals surface area contributed by atoms with E-state index in [-0.39, 0.29) is 0 Å². The van der Waals surface area contributed by atoms with Crippen LogP contribution >= 0.6 is 0 Å². The van der Waals surface area contributed by atoms with Gasteiger partial charge in [0.2, 0.25) is 0 Å². The first kappa shape index (κ1) is 11.5. The Morgan fingerprint density at radius 3 is 2.37 bits per heavy atom. The van der Waals surface area contributed by atoms with E-state index in [0.717, 1.165) is 17.2 Å². The molecule has 0 N–H and O–H groups in total. The summed E-state index contributed by atoms with van der Waals surface area (Å²) in [5, 5.41) is 4.29. The van der Waals surface area contributed by atoms with E-state index in [4.69, 9.17) is 4.74 Å². The van der Waals surface area contributed by atoms with Crippen molar-refractivity contribution in [2.24, 2.45) is 0 Å². The number of hydrogen-bond donors (Lipinski definition) is 0. The average Bonchev–Trinajstić information content (AvgIpc) is 2.91. The Balaban J connectivity index is 1.80. The molecule has 3 aromatic rings. The summed E-state index contributed by atoms with van der Waals surface area (Å²) in [6.45, 7) is 2.05. The molecule has 2 aromatic carbocycles. The number of hydrogen-bond acceptors (Lipinski definition) is 2. The standard InChI is InChI=1S/C16H14N2O/c1-13-7-9-15(10-8-13)19-16-11-17-18(12-16)14-5-3-2-4-6-14/h2-12H,1H3. The van der Waals surface area contributed by atoms with Gasteiger partial charge in [0.15, 0.2) is 5.75 Å². The molecular weight excluding hydrogens is 236 g/mol. The van der Waals surface area contributed by atoms with Gasteiger partial charge in [-0.2, -0.15) is 5.10 Å². The van der Waals surface area contributed by atoms with Crippen LogP contribution in [-0.2, 0) is 0 Å². The third-order valence-corrected chi connectivity index (χ3v) is 2.84. The van der Waals surface area contributed by atoms with Crippen LogP contribution < -0.4 is 4.74 Å². The van der Waals surface area contributed by atoms with Crippen molar-refractivity contribution in [3.63, 3.8) is 0 Å². The molecule has 0 spiro atoms. The Kier molecular flexibility index (Phi) is 3.02. The molecule has 0 saturated carbocycles. The number of ether oxygens (including phenoxy) is 1. The van der Waals surface area contributed by atoms with Crippen LogP contribution in [0.25, 0.3) is 5.69 Å². The Morgan fingerprint density at radius 1 is 0.895 bits per heavy atom. The maximum absolute atomic E-state index is 5.75. The Hall–Kier alpha value is -2.55. The lowest BCUT2D eigenvalue weighted by atomic mass is 10.2. The van der Waals surface area contributed by atoms with Crippen LogP contribution in [0.5, 0.6) is 11.5 Å². The monoisotopic (exact) mass is 250 g/mol. The minimum Gasteiger partial charge on any atom is -0.454 e. The maximum atomic E-state index is 5.75. The van der Waals surface area contributed by atoms with E-state index in [1.807, 2.05) is 60.8 Å². The van der Waals surface area contributed by atoms with Crippen molar-refractivity contribution in [3.8, 4) is 17.2 Å². The zero-order valence-corrected chi connectivity index (χ0v) is 10.7. The van der Waals surface area contributed by atoms with Gasteiger partial charge in [-0.25, -0.2) is 4.68 Å². The van der Waals surface area contributed by atoms with E-state index in [2.05, 4.69) is 12.0 Å². The van der Waals surface area contributed by atoms with E-state index >= 15 is 0 Å². The fraction of sp³-hybridized carbons (Fsp3) is 0.0625. The molecule has 3 rings (SSSR count). The van der Waals surface area contributed by atoms with Crippen LogP contribution in [0, 0.1) is 6.92 Å². The zero-order valence-electron chi connectivity index (χ0n) is 10.7. The molecule has 0 amide bonds. The predicted molar refractivity (Wildman–Crippen MR) is 74.8 cm³/mol. The molecule has 3 heteroatoms. The van der Waals surface area contributed by atoms with Crippen LogP contribution in [0.1, 0.15) is 5.56 Å². The van der Waals surface area contributed by atoms with Crippen molar-refractivity contribution >= 4 is 0 Å². The largest absolute Gasteiger partial charge is 0.454 e. The highest BCUT2D eigenvalue weighted by Gasteiger charge is 2.02. The van der Waals surface area contributed by atoms with Gasteiger partial charge in [-0.05, 0) is 31.2 Å². The minimum atomic E-state index is 0.729. The summed E-state index contributed by atoms with van der Waals surface area (Å²) in [6.07, 6.45) is 3.59. The number of aromatic nitrogens is 2. The third-order valence-electron chi connectivity index (χ3n) is 2.84. The molecule has 94 valence electrons. The van der Waals surface area contributed by atoms with Gasteiger partial charge in [-0.15, -0.1) is 0 Å². The molecule has 3 nitrogen and oxygen atoms in total. The molecule has 19 heavy (non-hydrogen) atoms. The average molecular weight is 250 g/mol. The quantitative estimate of drug-likeness (QED) is 0.703. The second-order valence-electron chi connectivity index (χ2n) is 4.37. The summed E-state index contributed by atoms with van der Waals surface area (Å²) < 4.78 is 7.55. The van der Waals surface area contributed by atoms with Gasteiger partial charge in [-0.3, -0.25) is 0 Å². The van der Waals surface area contributed by atoms with Crippen LogP contribution in [-0.4, -0.2) is 9.78 Å². The molecule has 1 heterocycles. The van der Waals surface area contributed by atoms with Crippen LogP contribution in [0.4, 0.5) is 0 Å². The fourth-order valence-electron chi connectivity index (χ4n) is 1.82. The molecule has 0 atom stereocenters. The zero-order chi connectivity index (χ0) is 13.1. The summed E-state index contributed by atoms with van der Waals surface area (Å²) in [5.41, 5.74) is 2.23. The SMILES string of the molecule is Cc1ccc(Oc2cnn(-c3ccccc3)c2)cc1. The van der Waals surface area contributed by atoms with Gasteiger partial charge in [-0.1, -0.05) is 35.9 Å². The maximum Gasteiger partial charge on any atom is 0.165 e. The van der Waals surface area contributed by atoms with Gasteiger partial charge >= 0.3 is 0 Å². The lowest BCUT2D eigenvalue weighted by Crippen LogP contribution is -1.92. The van der Waals surface area contributed by atoms with Crippen LogP contribution in [0.2, 0.25) is 0 Å². The highest BCUT2D eigenvalue weighted by atomic mass is 16.5. The van der Waals surface area contributed by atoms with Crippen molar-refractivity contribution in [2.45, 2.75) is 6.92 Å². The van der Waals surface area contributed by atoms with E-state index in [1.54, 1.807) is 10.9 Å². The Morgan fingerprint density at radius 2 is 1.63 bits per heavy atom. The van der Waals surface area contributed by atoms with Gasteiger partial charge in [0.05, 0.1) is 18.1 Å². The summed E-state index contributed by atoms with van der Waals surface area (Å²) in [4.78, 5) is 0. The van der Waals surface area contributed by atoms with Crippen molar-refractivity contribution in [1.29, 1.82) is 0 Å². The number of benzene rings is 2. The summed E-state index contributed by atoms with van der Waals surface area (Å²) in [6, 6.07) is 17.9. The van der Waals surface area contributed by atoms with E-state index in [9.17, 15) is 0 Å². The molecule has 0 unspecified atom stereocenters. The number of nitrogens with zero attached hydrogens (tertiary/aromatic N) is 2. The van der Waals surface area contributed by atoms with Gasteiger partial charge < -0.3 is 4.74 Å². The highest BCUT2D eigenvalue weighted by Crippen LogP contribution is 2.21. The number of para-hydroxylation sites is 1. The second kappa shape index (κ2) is 4.98. The first-order chi connectivity index (χ1) is 9.31. The predicted octanol–water partition coefficient (Wildman–Crippen LogP) is 3.97. The molecule has 0 radical (unpaired) electrons. The van der Waals surface area contributed by atoms with E-state index < -0.39 is 0 Å². The smallest absolute Gasteiger partial charge is 0.165 e. The molecule has 0 saturated heterocycles. The summed E-state index contributed by atoms with van der Waals surface area (Å²) in [7, 11) is 0. The lowest BCUT2D eigenvalue weighted by Gasteiger charge is -2.02. The molecule has 0 aliphatic rings. The van der Waals surface area contributed by atoms with Crippen molar-refractivity contribution in [3.05, 3.63) is 72.6 Å². The topological polar surface area (TPSA) is 27.1 Å². The summed E-state index contributed by atoms with van der Waals surface area (Å²) in [5.74, 6) is 1.55. The van der Waals surface area contributed by atoms with E-state index in [1.165, 1.54) is 5.56 Å². The van der Waals surface area contributed by atoms with Gasteiger partial charge in [0.25, 0.3) is 0 Å². The normalized spacial score (nSPS) is 10.4. The minimum absolute atomic E-state index is 0.729. The molecule has 0 aliphatic carbocycles. The number of aryl methyl sites for hydroxylation is 1. The van der Waals surface area contributed by atoms with Gasteiger partial charge in [0.1, 0.15) is 5.75 Å². The number of rotatable bonds is 3. The first-order valence-electron chi connectivity index (χ1n) is 6.16. The molecule has 1 aromatic heterocycles. The Labute approximate surface area is 112 Å². The van der Waals surface area contributed by atoms with Crippen LogP contribution in [0.15, 0.2) is 67.0 Å². The Bertz CT molecular complexity index is 657. The van der Waals surface area contributed by atoms with E-state index in [0.29, 0.717) is 0 Å². The third kappa shape index (κ3) is 2.65. The van der Waals surface area contributed by atoms with Crippen molar-refractivity contribution < 1.29 is 4.74 Å². The molecule has 0 aliphatic heterocycles.